The Kier molecular flexibility index (Phi) is 20.3. The van der Waals surface area contributed by atoms with Crippen molar-refractivity contribution in [3.63, 3.8) is 0 Å². The monoisotopic (exact) mass is 942 g/mol. The van der Waals surface area contributed by atoms with Gasteiger partial charge in [0.2, 0.25) is 35.4 Å². The number of carbonyl (C=O) groups excluding carboxylic acids is 6. The van der Waals surface area contributed by atoms with Crippen LogP contribution in [0.5, 0.6) is 0 Å². The highest BCUT2D eigenvalue weighted by Gasteiger charge is 2.57. The van der Waals surface area contributed by atoms with Crippen molar-refractivity contribution >= 4 is 47.4 Å². The number of amides is 6. The number of aliphatic carboxylic acids is 2. The highest BCUT2D eigenvalue weighted by Crippen LogP contribution is 2.34. The predicted octanol–water partition coefficient (Wildman–Crippen LogP) is -9.07. The lowest BCUT2D eigenvalue weighted by atomic mass is 9.91. The fraction of sp³-hybridized carbons (Fsp3) is 0.778. The van der Waals surface area contributed by atoms with Crippen LogP contribution in [0.3, 0.4) is 0 Å². The maximum Gasteiger partial charge on any atom is 0.335 e. The van der Waals surface area contributed by atoms with Gasteiger partial charge in [0.15, 0.2) is 31.1 Å². The zero-order valence-electron chi connectivity index (χ0n) is 35.8. The smallest absolute Gasteiger partial charge is 0.335 e. The van der Waals surface area contributed by atoms with Gasteiger partial charge < -0.3 is 106 Å². The third-order valence-electron chi connectivity index (χ3n) is 10.2. The van der Waals surface area contributed by atoms with Crippen LogP contribution in [0.15, 0.2) is 0 Å². The molecule has 0 aromatic rings. The summed E-state index contributed by atoms with van der Waals surface area (Å²) < 4.78 is 35.1. The molecule has 15 N–H and O–H groups in total. The zero-order valence-corrected chi connectivity index (χ0v) is 35.8. The van der Waals surface area contributed by atoms with Crippen molar-refractivity contribution in [1.82, 2.24) is 31.9 Å². The molecular formula is C36H58N6O23. The second kappa shape index (κ2) is 24.1. The molecule has 0 saturated carbocycles. The second-order valence-electron chi connectivity index (χ2n) is 15.4. The molecule has 0 aliphatic carbocycles. The number of hydrogen-bond donors (Lipinski definition) is 15. The van der Waals surface area contributed by atoms with Gasteiger partial charge in [0.1, 0.15) is 67.0 Å². The van der Waals surface area contributed by atoms with Crippen LogP contribution in [0.25, 0.3) is 0 Å². The Labute approximate surface area is 369 Å². The molecule has 19 atom stereocenters. The Morgan fingerprint density at radius 1 is 0.538 bits per heavy atom. The van der Waals surface area contributed by atoms with E-state index in [1.807, 2.05) is 0 Å². The lowest BCUT2D eigenvalue weighted by Crippen LogP contribution is -2.74. The number of nitrogens with one attached hydrogen (secondary N) is 6. The average Bonchev–Trinajstić information content (AvgIpc) is 3.20. The van der Waals surface area contributed by atoms with E-state index in [2.05, 4.69) is 31.9 Å². The van der Waals surface area contributed by atoms with Gasteiger partial charge in [0.25, 0.3) is 0 Å². The van der Waals surface area contributed by atoms with E-state index >= 15 is 0 Å². The highest BCUT2D eigenvalue weighted by molar-refractivity contribution is 5.78. The van der Waals surface area contributed by atoms with Crippen LogP contribution in [0.4, 0.5) is 0 Å². The van der Waals surface area contributed by atoms with Crippen molar-refractivity contribution < 1.29 is 113 Å². The number of rotatable bonds is 20. The second-order valence-corrected chi connectivity index (χ2v) is 15.4. The minimum absolute atomic E-state index is 0.783. The molecule has 0 radical (unpaired) electrons. The Bertz CT molecular complexity index is 1710. The summed E-state index contributed by atoms with van der Waals surface area (Å²) in [5, 5.41) is 109. The topological polar surface area (TPSA) is 446 Å². The maximum absolute atomic E-state index is 13.0. The van der Waals surface area contributed by atoms with Crippen molar-refractivity contribution in [2.24, 2.45) is 0 Å². The van der Waals surface area contributed by atoms with E-state index in [9.17, 15) is 84.3 Å². The van der Waals surface area contributed by atoms with Gasteiger partial charge in [-0.1, -0.05) is 0 Å². The largest absolute Gasteiger partial charge is 0.479 e. The SMILES string of the molecule is CC(=O)N[C@@H]1[C@H](O[C@@H]([C@@H](O)[C@H](O)CO)[C@H](CO)NC(C)=O)O[C@H](C(=O)O)[C@@H](O[C@H]2O[C@H](CO)[C@@H](O[C@@H]3O[C@H](C(=O)O)[C@@H](O)[C@H](NC(C)=O)[C@@H]3NC(C)=O)[C@H](O)[C@H]2NC(C)=O)[C@@H]1NC(C)=O. The summed E-state index contributed by atoms with van der Waals surface area (Å²) >= 11 is 0. The fourth-order valence-corrected chi connectivity index (χ4v) is 7.58. The Hall–Kier alpha value is -4.76. The normalized spacial score (nSPS) is 34.3. The minimum Gasteiger partial charge on any atom is -0.479 e. The number of aliphatic hydroxyl groups excluding tert-OH is 7. The first-order valence-corrected chi connectivity index (χ1v) is 19.9. The van der Waals surface area contributed by atoms with E-state index in [-0.39, 0.29) is 0 Å². The van der Waals surface area contributed by atoms with Crippen LogP contribution in [0.1, 0.15) is 41.5 Å². The van der Waals surface area contributed by atoms with Gasteiger partial charge in [-0.25, -0.2) is 9.59 Å². The summed E-state index contributed by atoms with van der Waals surface area (Å²) in [6, 6.07) is -10.2. The molecule has 0 bridgehead atoms. The predicted molar refractivity (Wildman–Crippen MR) is 207 cm³/mol. The Morgan fingerprint density at radius 3 is 1.45 bits per heavy atom. The molecule has 0 aromatic carbocycles. The molecule has 3 rings (SSSR count). The van der Waals surface area contributed by atoms with Crippen LogP contribution in [0.2, 0.25) is 0 Å². The fourth-order valence-electron chi connectivity index (χ4n) is 7.58. The number of carboxylic acid groups (broad SMARTS) is 2. The van der Waals surface area contributed by atoms with Gasteiger partial charge >= 0.3 is 11.9 Å². The number of ether oxygens (including phenoxy) is 6. The van der Waals surface area contributed by atoms with Crippen molar-refractivity contribution in [2.75, 3.05) is 19.8 Å². The molecule has 0 unspecified atom stereocenters. The van der Waals surface area contributed by atoms with E-state index in [0.29, 0.717) is 0 Å². The minimum atomic E-state index is -2.31. The molecule has 3 heterocycles. The third-order valence-corrected chi connectivity index (χ3v) is 10.2. The van der Waals surface area contributed by atoms with Crippen molar-refractivity contribution in [2.45, 2.75) is 158 Å². The van der Waals surface area contributed by atoms with Gasteiger partial charge in [0.05, 0.1) is 37.9 Å². The summed E-state index contributed by atoms with van der Waals surface area (Å²) in [5.74, 6) is -8.61. The van der Waals surface area contributed by atoms with Gasteiger partial charge in [-0.3, -0.25) is 28.8 Å². The van der Waals surface area contributed by atoms with Gasteiger partial charge in [0, 0.05) is 41.5 Å². The van der Waals surface area contributed by atoms with Crippen molar-refractivity contribution in [3.8, 4) is 0 Å². The van der Waals surface area contributed by atoms with Crippen LogP contribution < -0.4 is 31.9 Å². The molecule has 0 spiro atoms. The maximum atomic E-state index is 13.0. The summed E-state index contributed by atoms with van der Waals surface area (Å²) in [5.41, 5.74) is 0. The molecule has 370 valence electrons. The van der Waals surface area contributed by atoms with E-state index < -0.39 is 183 Å². The standard InChI is InChI=1S/C36H58N6O23/c1-10(46)37-16(7-43)27(24(53)17(52)8-44)61-35-22(41-14(5)50)20(39-12(3)48)29(31(65-35)33(58)59)63-36-23(42-15(6)51)26(55)28(18(9-45)60-36)62-34-21(40-13(4)49)19(38-11(2)47)25(54)30(64-34)32(56)57/h16-31,34-36,43-45,52-55H,7-9H2,1-6H3,(H,37,46)(H,38,47)(H,39,48)(H,40,49)(H,41,50)(H,42,51)(H,56,57)(H,58,59)/t16-,17+,18+,19+,20+,21-,22-,23+,24-,25-,26+,27+,28+,29-,30-,31-,34+,35+,36+/m0/s1. The van der Waals surface area contributed by atoms with Gasteiger partial charge in [-0.15, -0.1) is 0 Å². The van der Waals surface area contributed by atoms with Gasteiger partial charge in [-0.05, 0) is 0 Å². The summed E-state index contributed by atoms with van der Waals surface area (Å²) in [7, 11) is 0. The lowest BCUT2D eigenvalue weighted by molar-refractivity contribution is -0.342. The number of carboxylic acids is 2. The molecule has 0 aromatic heterocycles. The third kappa shape index (κ3) is 14.1. The highest BCUT2D eigenvalue weighted by atomic mass is 16.7. The summed E-state index contributed by atoms with van der Waals surface area (Å²) in [6.45, 7) is 2.86. The first-order valence-electron chi connectivity index (χ1n) is 19.9. The first kappa shape index (κ1) is 54.6. The molecule has 29 nitrogen and oxygen atoms in total. The molecule has 3 aliphatic heterocycles. The zero-order chi connectivity index (χ0) is 49.2. The van der Waals surface area contributed by atoms with Crippen LogP contribution in [-0.2, 0) is 66.8 Å². The molecule has 3 aliphatic rings. The van der Waals surface area contributed by atoms with Crippen molar-refractivity contribution in [3.05, 3.63) is 0 Å². The molecule has 3 fully saturated rings. The van der Waals surface area contributed by atoms with Crippen molar-refractivity contribution in [1.29, 1.82) is 0 Å². The van der Waals surface area contributed by atoms with E-state index in [1.165, 1.54) is 0 Å². The number of carbonyl (C=O) groups is 8. The Morgan fingerprint density at radius 2 is 0.985 bits per heavy atom. The van der Waals surface area contributed by atoms with Gasteiger partial charge in [-0.2, -0.15) is 0 Å². The van der Waals surface area contributed by atoms with Crippen LogP contribution in [0, 0.1) is 0 Å². The van der Waals surface area contributed by atoms with E-state index in [4.69, 9.17) is 28.4 Å². The molecule has 6 amide bonds. The van der Waals surface area contributed by atoms with Crippen LogP contribution >= 0.6 is 0 Å². The lowest BCUT2D eigenvalue weighted by Gasteiger charge is -2.51. The first-order chi connectivity index (χ1) is 30.4. The number of aliphatic hydroxyl groups is 7. The quantitative estimate of drug-likeness (QED) is 0.0539. The molecule has 3 saturated heterocycles. The molecule has 29 heteroatoms. The van der Waals surface area contributed by atoms with E-state index in [0.717, 1.165) is 41.5 Å². The summed E-state index contributed by atoms with van der Waals surface area (Å²) in [4.78, 5) is 99.7. The Balaban J connectivity index is 2.14. The summed E-state index contributed by atoms with van der Waals surface area (Å²) in [6.07, 6.45) is -26.4. The molecule has 65 heavy (non-hydrogen) atoms. The van der Waals surface area contributed by atoms with Crippen LogP contribution in [-0.4, -0.2) is 229 Å². The van der Waals surface area contributed by atoms with E-state index in [1.54, 1.807) is 0 Å². The average molecular weight is 943 g/mol. The molecular weight excluding hydrogens is 884 g/mol. The number of hydrogen-bond acceptors (Lipinski definition) is 21.